The molecule has 1 aliphatic rings. The Morgan fingerprint density at radius 1 is 0.841 bits per heavy atom. The average molecular weight is 602 g/mol. The number of amides is 2. The maximum atomic E-state index is 13.1. The van der Waals surface area contributed by atoms with Crippen molar-refractivity contribution in [3.63, 3.8) is 0 Å². The van der Waals surface area contributed by atoms with Crippen molar-refractivity contribution in [1.82, 2.24) is 16.0 Å². The maximum absolute atomic E-state index is 13.1. The lowest BCUT2D eigenvalue weighted by atomic mass is 9.98. The number of carboxylic acids is 1. The van der Waals surface area contributed by atoms with Crippen LogP contribution in [0.2, 0.25) is 0 Å². The molecule has 0 radical (unpaired) electrons. The molecule has 2 amide bonds. The van der Waals surface area contributed by atoms with Crippen LogP contribution in [0.1, 0.15) is 62.6 Å². The number of nitrogens with one attached hydrogen (secondary N) is 3. The average Bonchev–Trinajstić information content (AvgIpc) is 3.30. The van der Waals surface area contributed by atoms with E-state index in [1.165, 1.54) is 0 Å². The zero-order chi connectivity index (χ0) is 31.5. The van der Waals surface area contributed by atoms with Gasteiger partial charge in [0.1, 0.15) is 18.2 Å². The Morgan fingerprint density at radius 3 is 2.07 bits per heavy atom. The maximum Gasteiger partial charge on any atom is 0.407 e. The summed E-state index contributed by atoms with van der Waals surface area (Å²) in [6, 6.07) is 24.9. The molecule has 0 aliphatic heterocycles. The molecule has 4 rings (SSSR count). The van der Waals surface area contributed by atoms with Gasteiger partial charge in [0.05, 0.1) is 0 Å². The first-order valence-corrected chi connectivity index (χ1v) is 15.2. The SMILES string of the molecule is CC(C)(C)OC(=O)NCCCC[C@H](NC[C@@H](Cc1ccccc1)NC(=O)OCC1c2ccccc2-c2ccccc21)C(=O)O. The minimum absolute atomic E-state index is 0.0555. The van der Waals surface area contributed by atoms with Crippen molar-refractivity contribution in [1.29, 1.82) is 0 Å². The van der Waals surface area contributed by atoms with Gasteiger partial charge >= 0.3 is 18.2 Å². The van der Waals surface area contributed by atoms with Crippen molar-refractivity contribution in [3.05, 3.63) is 95.6 Å². The number of hydrogen-bond donors (Lipinski definition) is 4. The van der Waals surface area contributed by atoms with Crippen LogP contribution >= 0.6 is 0 Å². The molecule has 9 nitrogen and oxygen atoms in total. The highest BCUT2D eigenvalue weighted by Gasteiger charge is 2.29. The monoisotopic (exact) mass is 601 g/mol. The van der Waals surface area contributed by atoms with Crippen molar-refractivity contribution in [2.24, 2.45) is 0 Å². The van der Waals surface area contributed by atoms with Gasteiger partial charge in [-0.2, -0.15) is 0 Å². The number of rotatable bonds is 14. The van der Waals surface area contributed by atoms with E-state index in [-0.39, 0.29) is 19.1 Å². The predicted molar refractivity (Wildman–Crippen MR) is 170 cm³/mol. The minimum atomic E-state index is -0.968. The number of aliphatic carboxylic acids is 1. The van der Waals surface area contributed by atoms with Crippen molar-refractivity contribution in [2.75, 3.05) is 19.7 Å². The van der Waals surface area contributed by atoms with Gasteiger partial charge in [0.2, 0.25) is 0 Å². The Hall–Kier alpha value is -4.37. The smallest absolute Gasteiger partial charge is 0.407 e. The molecule has 0 spiro atoms. The highest BCUT2D eigenvalue weighted by atomic mass is 16.6. The molecule has 0 fully saturated rings. The third kappa shape index (κ3) is 9.57. The Labute approximate surface area is 259 Å². The molecule has 0 saturated heterocycles. The Morgan fingerprint density at radius 2 is 1.45 bits per heavy atom. The van der Waals surface area contributed by atoms with Crippen LogP contribution in [0.3, 0.4) is 0 Å². The number of benzene rings is 3. The van der Waals surface area contributed by atoms with Gasteiger partial charge in [-0.15, -0.1) is 0 Å². The van der Waals surface area contributed by atoms with Gasteiger partial charge in [0, 0.05) is 25.0 Å². The first kappa shape index (κ1) is 32.5. The van der Waals surface area contributed by atoms with Crippen LogP contribution < -0.4 is 16.0 Å². The fourth-order valence-electron chi connectivity index (χ4n) is 5.46. The second kappa shape index (κ2) is 15.4. The van der Waals surface area contributed by atoms with Gasteiger partial charge in [0.15, 0.2) is 0 Å². The molecule has 0 aromatic heterocycles. The first-order chi connectivity index (χ1) is 21.1. The molecule has 44 heavy (non-hydrogen) atoms. The number of fused-ring (bicyclic) bond motifs is 3. The van der Waals surface area contributed by atoms with E-state index >= 15 is 0 Å². The molecule has 0 heterocycles. The van der Waals surface area contributed by atoms with E-state index in [0.29, 0.717) is 32.2 Å². The summed E-state index contributed by atoms with van der Waals surface area (Å²) in [5.41, 5.74) is 5.02. The number of carbonyl (C=O) groups excluding carboxylic acids is 2. The van der Waals surface area contributed by atoms with Gasteiger partial charge < -0.3 is 30.5 Å². The normalized spacial score (nSPS) is 13.7. The summed E-state index contributed by atoms with van der Waals surface area (Å²) < 4.78 is 11.0. The van der Waals surface area contributed by atoms with Gasteiger partial charge in [-0.25, -0.2) is 9.59 Å². The minimum Gasteiger partial charge on any atom is -0.480 e. The van der Waals surface area contributed by atoms with Crippen LogP contribution in [0.5, 0.6) is 0 Å². The van der Waals surface area contributed by atoms with E-state index in [1.54, 1.807) is 20.8 Å². The van der Waals surface area contributed by atoms with E-state index in [4.69, 9.17) is 9.47 Å². The van der Waals surface area contributed by atoms with E-state index in [9.17, 15) is 19.5 Å². The summed E-state index contributed by atoms with van der Waals surface area (Å²) in [5.74, 6) is -1.02. The Bertz CT molecular complexity index is 1360. The Kier molecular flexibility index (Phi) is 11.4. The van der Waals surface area contributed by atoms with Crippen LogP contribution in [0, 0.1) is 0 Å². The number of carboxylic acid groups (broad SMARTS) is 1. The molecule has 234 valence electrons. The molecule has 3 aromatic rings. The van der Waals surface area contributed by atoms with E-state index in [2.05, 4.69) is 40.2 Å². The third-order valence-electron chi connectivity index (χ3n) is 7.49. The fraction of sp³-hybridized carbons (Fsp3) is 0.400. The number of alkyl carbamates (subject to hydrolysis) is 2. The van der Waals surface area contributed by atoms with Crippen LogP contribution in [0.15, 0.2) is 78.9 Å². The van der Waals surface area contributed by atoms with Crippen molar-refractivity contribution in [3.8, 4) is 11.1 Å². The summed E-state index contributed by atoms with van der Waals surface area (Å²) in [6.45, 7) is 6.21. The van der Waals surface area contributed by atoms with Crippen LogP contribution in [0.25, 0.3) is 11.1 Å². The predicted octanol–water partition coefficient (Wildman–Crippen LogP) is 5.87. The zero-order valence-corrected chi connectivity index (χ0v) is 25.7. The molecule has 1 aliphatic carbocycles. The standard InChI is InChI=1S/C35H43N3O6/c1-35(2,3)44-33(41)36-20-12-11-19-31(32(39)40)37-22-25(21-24-13-5-4-6-14-24)38-34(42)43-23-30-28-17-9-7-15-26(28)27-16-8-10-18-29(27)30/h4-10,13-18,25,30-31,37H,11-12,19-23H2,1-3H3,(H,36,41)(H,38,42)(H,39,40)/t25-,31+/m1/s1. The van der Waals surface area contributed by atoms with Crippen LogP contribution in [-0.2, 0) is 20.7 Å². The van der Waals surface area contributed by atoms with Crippen molar-refractivity contribution >= 4 is 18.2 Å². The summed E-state index contributed by atoms with van der Waals surface area (Å²) in [6.07, 6.45) is 1.03. The molecule has 0 bridgehead atoms. The summed E-state index contributed by atoms with van der Waals surface area (Å²) in [7, 11) is 0. The van der Waals surface area contributed by atoms with E-state index in [0.717, 1.165) is 27.8 Å². The number of unbranched alkanes of at least 4 members (excludes halogenated alkanes) is 1. The second-order valence-corrected chi connectivity index (χ2v) is 12.1. The van der Waals surface area contributed by atoms with Gasteiger partial charge in [0.25, 0.3) is 0 Å². The van der Waals surface area contributed by atoms with Gasteiger partial charge in [-0.3, -0.25) is 4.79 Å². The number of carbonyl (C=O) groups is 3. The van der Waals surface area contributed by atoms with Crippen molar-refractivity contribution in [2.45, 2.75) is 70.1 Å². The molecule has 3 aromatic carbocycles. The molecule has 4 N–H and O–H groups in total. The molecular formula is C35H43N3O6. The van der Waals surface area contributed by atoms with Gasteiger partial charge in [-0.1, -0.05) is 78.9 Å². The second-order valence-electron chi connectivity index (χ2n) is 12.1. The largest absolute Gasteiger partial charge is 0.480 e. The van der Waals surface area contributed by atoms with E-state index in [1.807, 2.05) is 54.6 Å². The van der Waals surface area contributed by atoms with Crippen LogP contribution in [0.4, 0.5) is 9.59 Å². The van der Waals surface area contributed by atoms with Crippen molar-refractivity contribution < 1.29 is 29.0 Å². The topological polar surface area (TPSA) is 126 Å². The summed E-state index contributed by atoms with van der Waals surface area (Å²) >= 11 is 0. The first-order valence-electron chi connectivity index (χ1n) is 15.2. The lowest BCUT2D eigenvalue weighted by Gasteiger charge is -2.23. The van der Waals surface area contributed by atoms with Crippen LogP contribution in [-0.4, -0.2) is 60.6 Å². The number of ether oxygens (including phenoxy) is 2. The lowest BCUT2D eigenvalue weighted by Crippen LogP contribution is -2.48. The van der Waals surface area contributed by atoms with Gasteiger partial charge in [-0.05, 0) is 74.3 Å². The highest BCUT2D eigenvalue weighted by Crippen LogP contribution is 2.44. The summed E-state index contributed by atoms with van der Waals surface area (Å²) in [4.78, 5) is 36.9. The molecule has 0 unspecified atom stereocenters. The number of hydrogen-bond acceptors (Lipinski definition) is 6. The molecule has 2 atom stereocenters. The third-order valence-corrected chi connectivity index (χ3v) is 7.49. The summed E-state index contributed by atoms with van der Waals surface area (Å²) in [5, 5.41) is 18.6. The molecule has 9 heteroatoms. The zero-order valence-electron chi connectivity index (χ0n) is 25.7. The van der Waals surface area contributed by atoms with E-state index < -0.39 is 35.8 Å². The molecular weight excluding hydrogens is 558 g/mol. The quantitative estimate of drug-likeness (QED) is 0.170. The Balaban J connectivity index is 1.31. The molecule has 0 saturated carbocycles. The highest BCUT2D eigenvalue weighted by molar-refractivity contribution is 5.79. The fourth-order valence-corrected chi connectivity index (χ4v) is 5.46. The lowest BCUT2D eigenvalue weighted by molar-refractivity contribution is -0.139.